The number of hydrogen-bond donors (Lipinski definition) is 2. The quantitative estimate of drug-likeness (QED) is 0.255. The molecule has 27 heavy (non-hydrogen) atoms. The summed E-state index contributed by atoms with van der Waals surface area (Å²) in [4.78, 5) is 18.8. The van der Waals surface area contributed by atoms with Crippen molar-refractivity contribution in [2.75, 3.05) is 0 Å². The Morgan fingerprint density at radius 2 is 1.44 bits per heavy atom. The summed E-state index contributed by atoms with van der Waals surface area (Å²) in [6.07, 6.45) is 11.2. The molecule has 0 heterocycles. The topological polar surface area (TPSA) is 66.8 Å². The number of hydrogen-bond acceptors (Lipinski definition) is 2. The van der Waals surface area contributed by atoms with Gasteiger partial charge in [-0.1, -0.05) is 78.4 Å². The van der Waals surface area contributed by atoms with Gasteiger partial charge in [-0.15, -0.1) is 0 Å². The fraction of sp³-hybridized carbons (Fsp3) is 0.727. The van der Waals surface area contributed by atoms with Crippen LogP contribution >= 0.6 is 7.82 Å². The summed E-state index contributed by atoms with van der Waals surface area (Å²) in [7, 11) is -4.58. The number of phosphoric acid groups is 1. The molecule has 0 aliphatic rings. The van der Waals surface area contributed by atoms with Crippen molar-refractivity contribution in [3.8, 4) is 5.75 Å². The summed E-state index contributed by atoms with van der Waals surface area (Å²) in [6.45, 7) is 8.77. The summed E-state index contributed by atoms with van der Waals surface area (Å²) in [6, 6.07) is 5.74. The number of phosphoric ester groups is 1. The zero-order valence-corrected chi connectivity index (χ0v) is 18.5. The summed E-state index contributed by atoms with van der Waals surface area (Å²) in [5.74, 6) is 1.06. The molecule has 2 N–H and O–H groups in total. The average molecular weight is 399 g/mol. The van der Waals surface area contributed by atoms with E-state index in [0.717, 1.165) is 37.7 Å². The van der Waals surface area contributed by atoms with Crippen molar-refractivity contribution in [1.82, 2.24) is 0 Å². The first kappa shape index (κ1) is 24.2. The van der Waals surface area contributed by atoms with Gasteiger partial charge < -0.3 is 4.52 Å². The van der Waals surface area contributed by atoms with E-state index >= 15 is 0 Å². The zero-order chi connectivity index (χ0) is 20.3. The summed E-state index contributed by atoms with van der Waals surface area (Å²) in [5.41, 5.74) is 2.26. The summed E-state index contributed by atoms with van der Waals surface area (Å²) in [5, 5.41) is 0. The van der Waals surface area contributed by atoms with Crippen LogP contribution in [-0.2, 0) is 4.57 Å². The minimum absolute atomic E-state index is 0.273. The standard InChI is InChI=1S/C22H39O4P/c1-5-9-11-14-18(7-3)20-16-13-17-21(26-27(23,24)25)22(20)19(8-4)15-12-10-6-2/h13,16-19H,5-12,14-15H2,1-4H3,(H2,23,24,25). The maximum Gasteiger partial charge on any atom is 0.524 e. The smallest absolute Gasteiger partial charge is 0.404 e. The van der Waals surface area contributed by atoms with Gasteiger partial charge >= 0.3 is 7.82 Å². The lowest BCUT2D eigenvalue weighted by Gasteiger charge is -2.27. The largest absolute Gasteiger partial charge is 0.524 e. The van der Waals surface area contributed by atoms with Crippen molar-refractivity contribution < 1.29 is 18.9 Å². The summed E-state index contributed by atoms with van der Waals surface area (Å²) < 4.78 is 16.7. The van der Waals surface area contributed by atoms with Gasteiger partial charge in [0.2, 0.25) is 0 Å². The van der Waals surface area contributed by atoms with Gasteiger partial charge in [-0.2, -0.15) is 0 Å². The molecular formula is C22H39O4P. The molecule has 0 radical (unpaired) electrons. The zero-order valence-electron chi connectivity index (χ0n) is 17.6. The van der Waals surface area contributed by atoms with Gasteiger partial charge in [0, 0.05) is 5.56 Å². The Labute approximate surface area is 166 Å². The van der Waals surface area contributed by atoms with Crippen LogP contribution in [0.15, 0.2) is 18.2 Å². The third-order valence-corrected chi connectivity index (χ3v) is 5.90. The minimum atomic E-state index is -4.58. The molecule has 156 valence electrons. The van der Waals surface area contributed by atoms with Crippen molar-refractivity contribution in [3.63, 3.8) is 0 Å². The van der Waals surface area contributed by atoms with Crippen LogP contribution in [0.5, 0.6) is 5.75 Å². The van der Waals surface area contributed by atoms with Crippen LogP contribution in [0.2, 0.25) is 0 Å². The molecule has 0 aromatic heterocycles. The van der Waals surface area contributed by atoms with E-state index < -0.39 is 7.82 Å². The molecule has 0 amide bonds. The van der Waals surface area contributed by atoms with Gasteiger partial charge in [0.1, 0.15) is 5.75 Å². The molecule has 0 spiro atoms. The van der Waals surface area contributed by atoms with Crippen molar-refractivity contribution in [2.45, 2.75) is 104 Å². The maximum absolute atomic E-state index is 11.6. The van der Waals surface area contributed by atoms with Gasteiger partial charge in [-0.25, -0.2) is 4.57 Å². The van der Waals surface area contributed by atoms with Gasteiger partial charge in [0.05, 0.1) is 0 Å². The highest BCUT2D eigenvalue weighted by Crippen LogP contribution is 2.46. The molecule has 2 unspecified atom stereocenters. The van der Waals surface area contributed by atoms with Gasteiger partial charge in [0.25, 0.3) is 0 Å². The molecule has 2 atom stereocenters. The first-order valence-electron chi connectivity index (χ1n) is 10.8. The molecule has 0 aliphatic carbocycles. The fourth-order valence-corrected chi connectivity index (χ4v) is 4.39. The van der Waals surface area contributed by atoms with Gasteiger partial charge in [-0.05, 0) is 49.1 Å². The second kappa shape index (κ2) is 12.6. The van der Waals surface area contributed by atoms with E-state index in [0.29, 0.717) is 11.7 Å². The average Bonchev–Trinajstić information content (AvgIpc) is 2.62. The highest BCUT2D eigenvalue weighted by molar-refractivity contribution is 7.46. The molecule has 1 rings (SSSR count). The van der Waals surface area contributed by atoms with E-state index in [1.807, 2.05) is 6.07 Å². The second-order valence-electron chi connectivity index (χ2n) is 7.54. The lowest BCUT2D eigenvalue weighted by molar-refractivity contribution is 0.281. The molecule has 0 saturated heterocycles. The van der Waals surface area contributed by atoms with E-state index in [9.17, 15) is 14.4 Å². The Balaban J connectivity index is 3.29. The van der Waals surface area contributed by atoms with E-state index in [1.165, 1.54) is 37.7 Å². The monoisotopic (exact) mass is 398 g/mol. The SMILES string of the molecule is CCCCCC(CC)c1cccc(OP(=O)(O)O)c1C(CC)CCCCC. The Bertz CT molecular complexity index is 582. The van der Waals surface area contributed by atoms with Crippen molar-refractivity contribution in [3.05, 3.63) is 29.3 Å². The van der Waals surface area contributed by atoms with Crippen LogP contribution in [0.4, 0.5) is 0 Å². The molecule has 1 aromatic carbocycles. The summed E-state index contributed by atoms with van der Waals surface area (Å²) >= 11 is 0. The van der Waals surface area contributed by atoms with Crippen molar-refractivity contribution in [1.29, 1.82) is 0 Å². The molecule has 0 aliphatic heterocycles. The Morgan fingerprint density at radius 3 is 1.93 bits per heavy atom. The maximum atomic E-state index is 11.6. The Hall–Kier alpha value is -0.830. The third-order valence-electron chi connectivity index (χ3n) is 5.46. The molecule has 4 nitrogen and oxygen atoms in total. The number of rotatable bonds is 14. The predicted octanol–water partition coefficient (Wildman–Crippen LogP) is 7.31. The Morgan fingerprint density at radius 1 is 0.889 bits per heavy atom. The second-order valence-corrected chi connectivity index (χ2v) is 8.71. The van der Waals surface area contributed by atoms with E-state index in [1.54, 1.807) is 6.07 Å². The Kier molecular flexibility index (Phi) is 11.3. The van der Waals surface area contributed by atoms with Gasteiger partial charge in [0.15, 0.2) is 0 Å². The van der Waals surface area contributed by atoms with Crippen LogP contribution in [0.3, 0.4) is 0 Å². The first-order valence-corrected chi connectivity index (χ1v) is 12.3. The van der Waals surface area contributed by atoms with Crippen LogP contribution < -0.4 is 4.52 Å². The van der Waals surface area contributed by atoms with Crippen molar-refractivity contribution >= 4 is 7.82 Å². The molecule has 0 saturated carbocycles. The van der Waals surface area contributed by atoms with Crippen molar-refractivity contribution in [2.24, 2.45) is 0 Å². The van der Waals surface area contributed by atoms with Crippen LogP contribution in [0.25, 0.3) is 0 Å². The normalized spacial score (nSPS) is 14.1. The number of unbranched alkanes of at least 4 members (excludes halogenated alkanes) is 4. The molecular weight excluding hydrogens is 359 g/mol. The molecule has 1 aromatic rings. The molecule has 0 fully saturated rings. The van der Waals surface area contributed by atoms with Crippen LogP contribution in [-0.4, -0.2) is 9.79 Å². The lowest BCUT2D eigenvalue weighted by Crippen LogP contribution is -2.09. The molecule has 0 bridgehead atoms. The third kappa shape index (κ3) is 8.37. The van der Waals surface area contributed by atoms with Crippen LogP contribution in [0.1, 0.15) is 115 Å². The minimum Gasteiger partial charge on any atom is -0.404 e. The molecule has 5 heteroatoms. The highest BCUT2D eigenvalue weighted by Gasteiger charge is 2.26. The van der Waals surface area contributed by atoms with E-state index in [2.05, 4.69) is 33.8 Å². The van der Waals surface area contributed by atoms with Crippen LogP contribution in [0, 0.1) is 0 Å². The lowest BCUT2D eigenvalue weighted by atomic mass is 9.80. The van der Waals surface area contributed by atoms with E-state index in [4.69, 9.17) is 4.52 Å². The van der Waals surface area contributed by atoms with E-state index in [-0.39, 0.29) is 5.92 Å². The predicted molar refractivity (Wildman–Crippen MR) is 113 cm³/mol. The number of benzene rings is 1. The fourth-order valence-electron chi connectivity index (χ4n) is 3.98. The highest BCUT2D eigenvalue weighted by atomic mass is 31.2. The van der Waals surface area contributed by atoms with Gasteiger partial charge in [-0.3, -0.25) is 9.79 Å². The first-order chi connectivity index (χ1) is 12.9.